The van der Waals surface area contributed by atoms with Crippen molar-refractivity contribution in [3.8, 4) is 0 Å². The molecule has 1 aliphatic heterocycles. The number of fused-ring (bicyclic) bond motifs is 2. The zero-order chi connectivity index (χ0) is 16.5. The molecular weight excluding hydrogens is 294 g/mol. The van der Waals surface area contributed by atoms with Crippen molar-refractivity contribution in [2.75, 3.05) is 13.6 Å². The van der Waals surface area contributed by atoms with E-state index in [4.69, 9.17) is 0 Å². The van der Waals surface area contributed by atoms with Crippen LogP contribution >= 0.6 is 0 Å². The normalized spacial score (nSPS) is 17.6. The Morgan fingerprint density at radius 1 is 0.917 bits per heavy atom. The fourth-order valence-electron chi connectivity index (χ4n) is 3.76. The molecule has 24 heavy (non-hydrogen) atoms. The number of likely N-dealkylation sites (N-methyl/N-ethyl adjacent to an activating group) is 1. The number of carbonyl (C=O) groups excluding carboxylic acids is 1. The van der Waals surface area contributed by atoms with Crippen molar-refractivity contribution in [1.82, 2.24) is 4.90 Å². The molecule has 2 aromatic rings. The fourth-order valence-corrected chi connectivity index (χ4v) is 3.76. The van der Waals surface area contributed by atoms with Crippen molar-refractivity contribution < 1.29 is 4.79 Å². The van der Waals surface area contributed by atoms with Crippen LogP contribution in [0.25, 0.3) is 11.1 Å². The van der Waals surface area contributed by atoms with Crippen molar-refractivity contribution in [3.63, 3.8) is 0 Å². The zero-order valence-electron chi connectivity index (χ0n) is 14.0. The molecule has 0 aromatic heterocycles. The summed E-state index contributed by atoms with van der Waals surface area (Å²) < 4.78 is 0. The van der Waals surface area contributed by atoms with Crippen LogP contribution in [0.1, 0.15) is 29.5 Å². The standard InChI is InChI=1S/C22H21NO/c1-23-15-18-12-7-11-16-10-5-6-13-19(16)20(18)14-21(22(23)24)17-8-3-2-4-9-17/h2-6,8-10,13-14H,7,11-12,15H2,1H3. The Kier molecular flexibility index (Phi) is 3.81. The lowest BCUT2D eigenvalue weighted by atomic mass is 9.94. The van der Waals surface area contributed by atoms with E-state index in [1.165, 1.54) is 22.3 Å². The third kappa shape index (κ3) is 2.58. The number of nitrogens with zero attached hydrogens (tertiary/aromatic N) is 1. The highest BCUT2D eigenvalue weighted by Crippen LogP contribution is 2.36. The van der Waals surface area contributed by atoms with Crippen LogP contribution in [-0.2, 0) is 11.2 Å². The molecule has 0 fully saturated rings. The van der Waals surface area contributed by atoms with Gasteiger partial charge in [0.2, 0.25) is 0 Å². The van der Waals surface area contributed by atoms with E-state index in [1.54, 1.807) is 0 Å². The predicted molar refractivity (Wildman–Crippen MR) is 98.4 cm³/mol. The molecule has 0 spiro atoms. The van der Waals surface area contributed by atoms with E-state index in [1.807, 2.05) is 42.3 Å². The summed E-state index contributed by atoms with van der Waals surface area (Å²) in [5, 5.41) is 0. The summed E-state index contributed by atoms with van der Waals surface area (Å²) >= 11 is 0. The first-order valence-corrected chi connectivity index (χ1v) is 8.57. The molecule has 0 saturated heterocycles. The molecule has 1 heterocycles. The minimum Gasteiger partial charge on any atom is -0.338 e. The summed E-state index contributed by atoms with van der Waals surface area (Å²) in [5.41, 5.74) is 7.09. The van der Waals surface area contributed by atoms with Gasteiger partial charge >= 0.3 is 0 Å². The van der Waals surface area contributed by atoms with Crippen molar-refractivity contribution >= 4 is 17.1 Å². The first-order chi connectivity index (χ1) is 11.7. The Labute approximate surface area is 143 Å². The second kappa shape index (κ2) is 6.12. The van der Waals surface area contributed by atoms with Gasteiger partial charge in [-0.2, -0.15) is 0 Å². The first kappa shape index (κ1) is 14.9. The summed E-state index contributed by atoms with van der Waals surface area (Å²) in [6.07, 6.45) is 5.43. The van der Waals surface area contributed by atoms with E-state index in [0.717, 1.165) is 36.9 Å². The van der Waals surface area contributed by atoms with Gasteiger partial charge in [-0.1, -0.05) is 54.6 Å². The number of allylic oxidation sites excluding steroid dienone is 2. The van der Waals surface area contributed by atoms with Gasteiger partial charge in [0, 0.05) is 19.2 Å². The van der Waals surface area contributed by atoms with Crippen LogP contribution in [0.4, 0.5) is 0 Å². The average molecular weight is 315 g/mol. The van der Waals surface area contributed by atoms with Gasteiger partial charge in [0.15, 0.2) is 0 Å². The summed E-state index contributed by atoms with van der Waals surface area (Å²) in [6, 6.07) is 18.6. The van der Waals surface area contributed by atoms with Crippen LogP contribution in [0.3, 0.4) is 0 Å². The maximum absolute atomic E-state index is 12.9. The molecule has 2 aliphatic rings. The van der Waals surface area contributed by atoms with E-state index in [0.29, 0.717) is 0 Å². The van der Waals surface area contributed by atoms with Gasteiger partial charge in [0.25, 0.3) is 5.91 Å². The molecule has 4 rings (SSSR count). The minimum absolute atomic E-state index is 0.103. The Morgan fingerprint density at radius 3 is 2.50 bits per heavy atom. The molecule has 0 unspecified atom stereocenters. The lowest BCUT2D eigenvalue weighted by molar-refractivity contribution is -0.123. The molecule has 1 aliphatic carbocycles. The largest absolute Gasteiger partial charge is 0.338 e. The van der Waals surface area contributed by atoms with Gasteiger partial charge in [-0.25, -0.2) is 0 Å². The smallest absolute Gasteiger partial charge is 0.254 e. The van der Waals surface area contributed by atoms with Gasteiger partial charge in [0.05, 0.1) is 0 Å². The topological polar surface area (TPSA) is 20.3 Å². The van der Waals surface area contributed by atoms with Gasteiger partial charge in [0.1, 0.15) is 0 Å². The summed E-state index contributed by atoms with van der Waals surface area (Å²) in [5.74, 6) is 0.103. The monoisotopic (exact) mass is 315 g/mol. The number of rotatable bonds is 1. The summed E-state index contributed by atoms with van der Waals surface area (Å²) in [4.78, 5) is 14.8. The molecule has 0 atom stereocenters. The number of amides is 1. The maximum Gasteiger partial charge on any atom is 0.254 e. The van der Waals surface area contributed by atoms with Crippen molar-refractivity contribution in [2.45, 2.75) is 19.3 Å². The highest BCUT2D eigenvalue weighted by atomic mass is 16.2. The minimum atomic E-state index is 0.103. The highest BCUT2D eigenvalue weighted by molar-refractivity contribution is 6.22. The molecule has 120 valence electrons. The average Bonchev–Trinajstić information content (AvgIpc) is 2.85. The van der Waals surface area contributed by atoms with Crippen molar-refractivity contribution in [1.29, 1.82) is 0 Å². The second-order valence-corrected chi connectivity index (χ2v) is 6.61. The molecular formula is C22H21NO. The van der Waals surface area contributed by atoms with Crippen LogP contribution in [0, 0.1) is 0 Å². The van der Waals surface area contributed by atoms with Gasteiger partial charge < -0.3 is 4.90 Å². The van der Waals surface area contributed by atoms with E-state index >= 15 is 0 Å². The van der Waals surface area contributed by atoms with Crippen molar-refractivity contribution in [3.05, 3.63) is 82.9 Å². The highest BCUT2D eigenvalue weighted by Gasteiger charge is 2.25. The Balaban J connectivity index is 1.93. The third-order valence-electron chi connectivity index (χ3n) is 4.99. The molecule has 2 heteroatoms. The predicted octanol–water partition coefficient (Wildman–Crippen LogP) is 4.33. The number of carbonyl (C=O) groups is 1. The molecule has 0 N–H and O–H groups in total. The van der Waals surface area contributed by atoms with Crippen LogP contribution in [0.15, 0.2) is 66.2 Å². The van der Waals surface area contributed by atoms with E-state index in [-0.39, 0.29) is 5.91 Å². The van der Waals surface area contributed by atoms with Crippen molar-refractivity contribution in [2.24, 2.45) is 0 Å². The van der Waals surface area contributed by atoms with E-state index in [2.05, 4.69) is 30.3 Å². The summed E-state index contributed by atoms with van der Waals surface area (Å²) in [7, 11) is 1.91. The number of benzene rings is 2. The van der Waals surface area contributed by atoms with Gasteiger partial charge in [-0.3, -0.25) is 4.79 Å². The molecule has 0 radical (unpaired) electrons. The lowest BCUT2D eigenvalue weighted by Crippen LogP contribution is -2.28. The van der Waals surface area contributed by atoms with Gasteiger partial charge in [-0.05, 0) is 53.2 Å². The Morgan fingerprint density at radius 2 is 1.67 bits per heavy atom. The first-order valence-electron chi connectivity index (χ1n) is 8.57. The maximum atomic E-state index is 12.9. The molecule has 2 nitrogen and oxygen atoms in total. The van der Waals surface area contributed by atoms with Crippen LogP contribution < -0.4 is 0 Å². The zero-order valence-corrected chi connectivity index (χ0v) is 14.0. The summed E-state index contributed by atoms with van der Waals surface area (Å²) in [6.45, 7) is 0.718. The number of aryl methyl sites for hydroxylation is 1. The number of hydrogen-bond acceptors (Lipinski definition) is 1. The van der Waals surface area contributed by atoms with Gasteiger partial charge in [-0.15, -0.1) is 0 Å². The molecule has 1 amide bonds. The Bertz CT molecular complexity index is 845. The lowest BCUT2D eigenvalue weighted by Gasteiger charge is -2.18. The number of hydrogen-bond donors (Lipinski definition) is 0. The Hall–Kier alpha value is -2.61. The second-order valence-electron chi connectivity index (χ2n) is 6.61. The molecule has 0 bridgehead atoms. The SMILES string of the molecule is CN1CC2=C(C=C(c3ccccc3)C1=O)c1ccccc1CCC2. The molecule has 0 saturated carbocycles. The van der Waals surface area contributed by atoms with Crippen LogP contribution in [0.5, 0.6) is 0 Å². The third-order valence-corrected chi connectivity index (χ3v) is 4.99. The fraction of sp³-hybridized carbons (Fsp3) is 0.227. The quantitative estimate of drug-likeness (QED) is 0.767. The van der Waals surface area contributed by atoms with Crippen LogP contribution in [0.2, 0.25) is 0 Å². The molecule has 2 aromatic carbocycles. The van der Waals surface area contributed by atoms with E-state index in [9.17, 15) is 4.79 Å². The van der Waals surface area contributed by atoms with E-state index < -0.39 is 0 Å². The van der Waals surface area contributed by atoms with Crippen LogP contribution in [-0.4, -0.2) is 24.4 Å².